The van der Waals surface area contributed by atoms with Gasteiger partial charge in [0.05, 0.1) is 5.56 Å². The zero-order valence-corrected chi connectivity index (χ0v) is 16.8. The van der Waals surface area contributed by atoms with Gasteiger partial charge in [-0.15, -0.1) is 0 Å². The van der Waals surface area contributed by atoms with E-state index in [1.54, 1.807) is 66.7 Å². The third kappa shape index (κ3) is 4.78. The number of hydrogen-bond acceptors (Lipinski definition) is 6. The molecule has 0 saturated heterocycles. The normalized spacial score (nSPS) is 13.2. The number of carbonyl (C=O) groups is 2. The number of esters is 1. The average Bonchev–Trinajstić information content (AvgIpc) is 2.79. The molecule has 0 bridgehead atoms. The predicted octanol–water partition coefficient (Wildman–Crippen LogP) is 4.01. The van der Waals surface area contributed by atoms with Crippen molar-refractivity contribution in [3.8, 4) is 28.4 Å². The number of hydrogen-bond donors (Lipinski definition) is 2. The summed E-state index contributed by atoms with van der Waals surface area (Å²) in [7, 11) is 0. The number of ether oxygens (including phenoxy) is 3. The highest BCUT2D eigenvalue weighted by Crippen LogP contribution is 2.32. The summed E-state index contributed by atoms with van der Waals surface area (Å²) in [6.45, 7) is 2.45. The van der Waals surface area contributed by atoms with E-state index in [0.29, 0.717) is 36.0 Å². The maximum Gasteiger partial charge on any atom is 0.338 e. The number of rotatable bonds is 5. The molecule has 7 heteroatoms. The number of phenolic OH excluding ortho intramolecular Hbond substituents is 1. The molecule has 1 atom stereocenters. The van der Waals surface area contributed by atoms with Gasteiger partial charge in [0.15, 0.2) is 17.6 Å². The van der Waals surface area contributed by atoms with Crippen LogP contribution in [0.2, 0.25) is 0 Å². The van der Waals surface area contributed by atoms with Gasteiger partial charge in [0.25, 0.3) is 5.91 Å². The summed E-state index contributed by atoms with van der Waals surface area (Å²) in [6.07, 6.45) is -0.988. The lowest BCUT2D eigenvalue weighted by Gasteiger charge is -2.19. The van der Waals surface area contributed by atoms with Crippen LogP contribution in [-0.4, -0.2) is 36.3 Å². The van der Waals surface area contributed by atoms with E-state index in [1.165, 1.54) is 6.92 Å². The van der Waals surface area contributed by atoms with Crippen LogP contribution in [0.3, 0.4) is 0 Å². The highest BCUT2D eigenvalue weighted by Gasteiger charge is 2.20. The second-order valence-corrected chi connectivity index (χ2v) is 7.02. The van der Waals surface area contributed by atoms with Crippen molar-refractivity contribution in [3.05, 3.63) is 72.3 Å². The second kappa shape index (κ2) is 8.79. The average molecular weight is 419 g/mol. The molecule has 0 saturated carbocycles. The summed E-state index contributed by atoms with van der Waals surface area (Å²) in [5.74, 6) is 0.321. The standard InChI is InChI=1S/C24H21NO6/c1-15(23(27)25-19-8-11-21-22(14-19)30-13-12-29-21)31-24(28)18-4-2-16(3-5-18)17-6-9-20(26)10-7-17/h2-11,14-15,26H,12-13H2,1H3,(H,25,27)/t15-/m1/s1. The van der Waals surface area contributed by atoms with Gasteiger partial charge in [0, 0.05) is 11.8 Å². The van der Waals surface area contributed by atoms with Crippen molar-refractivity contribution in [2.45, 2.75) is 13.0 Å². The molecule has 31 heavy (non-hydrogen) atoms. The SMILES string of the molecule is C[C@@H](OC(=O)c1ccc(-c2ccc(O)cc2)cc1)C(=O)Nc1ccc2c(c1)OCCO2. The Balaban J connectivity index is 1.36. The van der Waals surface area contributed by atoms with E-state index in [-0.39, 0.29) is 5.75 Å². The van der Waals surface area contributed by atoms with E-state index >= 15 is 0 Å². The number of aromatic hydroxyl groups is 1. The fourth-order valence-electron chi connectivity index (χ4n) is 3.10. The van der Waals surface area contributed by atoms with Crippen molar-refractivity contribution >= 4 is 17.6 Å². The third-order valence-electron chi connectivity index (χ3n) is 4.78. The maximum atomic E-state index is 12.4. The Bertz CT molecular complexity index is 1090. The van der Waals surface area contributed by atoms with Crippen LogP contribution in [0, 0.1) is 0 Å². The Morgan fingerprint density at radius 2 is 1.52 bits per heavy atom. The van der Waals surface area contributed by atoms with E-state index in [2.05, 4.69) is 5.32 Å². The summed E-state index contributed by atoms with van der Waals surface area (Å²) in [5, 5.41) is 12.1. The van der Waals surface area contributed by atoms with E-state index in [9.17, 15) is 14.7 Å². The molecule has 1 heterocycles. The first-order valence-corrected chi connectivity index (χ1v) is 9.80. The van der Waals surface area contributed by atoms with Gasteiger partial charge in [-0.1, -0.05) is 24.3 Å². The van der Waals surface area contributed by atoms with Gasteiger partial charge in [-0.05, 0) is 54.4 Å². The van der Waals surface area contributed by atoms with Crippen LogP contribution < -0.4 is 14.8 Å². The Labute approximate surface area is 179 Å². The minimum absolute atomic E-state index is 0.187. The quantitative estimate of drug-likeness (QED) is 0.607. The van der Waals surface area contributed by atoms with E-state index in [0.717, 1.165) is 11.1 Å². The Kier molecular flexibility index (Phi) is 5.75. The lowest BCUT2D eigenvalue weighted by atomic mass is 10.0. The highest BCUT2D eigenvalue weighted by atomic mass is 16.6. The Hall–Kier alpha value is -4.00. The molecule has 0 radical (unpaired) electrons. The topological polar surface area (TPSA) is 94.1 Å². The zero-order valence-electron chi connectivity index (χ0n) is 16.8. The fraction of sp³-hybridized carbons (Fsp3) is 0.167. The largest absolute Gasteiger partial charge is 0.508 e. The molecule has 0 aromatic heterocycles. The summed E-state index contributed by atoms with van der Waals surface area (Å²) in [5.41, 5.74) is 2.66. The molecule has 4 rings (SSSR count). The van der Waals surface area contributed by atoms with Crippen molar-refractivity contribution < 1.29 is 28.9 Å². The van der Waals surface area contributed by atoms with Crippen LogP contribution in [0.1, 0.15) is 17.3 Å². The third-order valence-corrected chi connectivity index (χ3v) is 4.78. The first-order valence-electron chi connectivity index (χ1n) is 9.80. The van der Waals surface area contributed by atoms with Gasteiger partial charge >= 0.3 is 5.97 Å². The number of nitrogens with one attached hydrogen (secondary N) is 1. The lowest BCUT2D eigenvalue weighted by molar-refractivity contribution is -0.123. The molecule has 3 aromatic rings. The van der Waals surface area contributed by atoms with Gasteiger partial charge in [-0.3, -0.25) is 4.79 Å². The Morgan fingerprint density at radius 1 is 0.903 bits per heavy atom. The van der Waals surface area contributed by atoms with Gasteiger partial charge in [-0.25, -0.2) is 4.79 Å². The van der Waals surface area contributed by atoms with Crippen LogP contribution in [0.5, 0.6) is 17.2 Å². The smallest absolute Gasteiger partial charge is 0.338 e. The van der Waals surface area contributed by atoms with Crippen LogP contribution in [0.15, 0.2) is 66.7 Å². The van der Waals surface area contributed by atoms with E-state index in [4.69, 9.17) is 14.2 Å². The minimum Gasteiger partial charge on any atom is -0.508 e. The lowest BCUT2D eigenvalue weighted by Crippen LogP contribution is -2.30. The maximum absolute atomic E-state index is 12.4. The number of amides is 1. The van der Waals surface area contributed by atoms with Crippen molar-refractivity contribution in [2.75, 3.05) is 18.5 Å². The molecule has 1 aliphatic rings. The van der Waals surface area contributed by atoms with Crippen molar-refractivity contribution in [3.63, 3.8) is 0 Å². The molecule has 2 N–H and O–H groups in total. The molecule has 3 aromatic carbocycles. The molecule has 0 unspecified atom stereocenters. The summed E-state index contributed by atoms with van der Waals surface area (Å²) < 4.78 is 16.3. The molecule has 7 nitrogen and oxygen atoms in total. The number of benzene rings is 3. The monoisotopic (exact) mass is 419 g/mol. The minimum atomic E-state index is -0.988. The van der Waals surface area contributed by atoms with Crippen LogP contribution in [0.25, 0.3) is 11.1 Å². The fourth-order valence-corrected chi connectivity index (χ4v) is 3.10. The first-order chi connectivity index (χ1) is 15.0. The van der Waals surface area contributed by atoms with Crippen molar-refractivity contribution in [2.24, 2.45) is 0 Å². The molecule has 158 valence electrons. The van der Waals surface area contributed by atoms with E-state index < -0.39 is 18.0 Å². The second-order valence-electron chi connectivity index (χ2n) is 7.02. The number of anilines is 1. The number of fused-ring (bicyclic) bond motifs is 1. The van der Waals surface area contributed by atoms with Crippen LogP contribution >= 0.6 is 0 Å². The zero-order chi connectivity index (χ0) is 21.8. The first kappa shape index (κ1) is 20.3. The summed E-state index contributed by atoms with van der Waals surface area (Å²) in [4.78, 5) is 24.9. The molecule has 0 fully saturated rings. The molecule has 1 aliphatic heterocycles. The molecule has 0 spiro atoms. The molecule has 0 aliphatic carbocycles. The Morgan fingerprint density at radius 3 is 2.19 bits per heavy atom. The van der Waals surface area contributed by atoms with Crippen LogP contribution in [0.4, 0.5) is 5.69 Å². The number of carbonyl (C=O) groups excluding carboxylic acids is 2. The predicted molar refractivity (Wildman–Crippen MR) is 114 cm³/mol. The molecular formula is C24H21NO6. The van der Waals surface area contributed by atoms with Gasteiger partial charge in [0.1, 0.15) is 19.0 Å². The molecule has 1 amide bonds. The number of phenols is 1. The summed E-state index contributed by atoms with van der Waals surface area (Å²) in [6, 6.07) is 18.7. The summed E-state index contributed by atoms with van der Waals surface area (Å²) >= 11 is 0. The van der Waals surface area contributed by atoms with Gasteiger partial charge in [-0.2, -0.15) is 0 Å². The van der Waals surface area contributed by atoms with E-state index in [1.807, 2.05) is 0 Å². The van der Waals surface area contributed by atoms with Crippen molar-refractivity contribution in [1.29, 1.82) is 0 Å². The highest BCUT2D eigenvalue weighted by molar-refractivity contribution is 5.97. The van der Waals surface area contributed by atoms with Gasteiger partial charge in [0.2, 0.25) is 0 Å². The molecular weight excluding hydrogens is 398 g/mol. The van der Waals surface area contributed by atoms with Crippen molar-refractivity contribution in [1.82, 2.24) is 0 Å². The van der Waals surface area contributed by atoms with Gasteiger partial charge < -0.3 is 24.6 Å². The van der Waals surface area contributed by atoms with Crippen LogP contribution in [-0.2, 0) is 9.53 Å².